The molecule has 1 aliphatic rings. The van der Waals surface area contributed by atoms with Gasteiger partial charge in [-0.15, -0.1) is 0 Å². The maximum Gasteiger partial charge on any atom is 0.453 e. The Hall–Kier alpha value is -3.53. The van der Waals surface area contributed by atoms with Crippen LogP contribution in [0.3, 0.4) is 0 Å². The number of ether oxygens (including phenoxy) is 3. The van der Waals surface area contributed by atoms with Crippen LogP contribution in [-0.4, -0.2) is 30.2 Å². The van der Waals surface area contributed by atoms with Crippen molar-refractivity contribution in [1.29, 1.82) is 0 Å². The van der Waals surface area contributed by atoms with Crippen LogP contribution in [0.5, 0.6) is 17.2 Å². The van der Waals surface area contributed by atoms with Crippen LogP contribution in [0.2, 0.25) is 0 Å². The number of nitrogens with zero attached hydrogens (tertiary/aromatic N) is 1. The molecule has 1 aromatic heterocycles. The SMILES string of the molecule is CCOC(=O)c1ccc(Oc2c(C(F)(F)F)oc3c4c(ccc3c2=O)OCN(C(C)C)C4)cc1. The monoisotopic (exact) mass is 477 g/mol. The third-order valence-corrected chi connectivity index (χ3v) is 5.40. The Morgan fingerprint density at radius 3 is 2.47 bits per heavy atom. The lowest BCUT2D eigenvalue weighted by atomic mass is 10.1. The maximum absolute atomic E-state index is 13.9. The third kappa shape index (κ3) is 4.45. The van der Waals surface area contributed by atoms with E-state index in [2.05, 4.69) is 0 Å². The summed E-state index contributed by atoms with van der Waals surface area (Å²) in [6, 6.07) is 8.18. The van der Waals surface area contributed by atoms with E-state index in [1.807, 2.05) is 18.7 Å². The quantitative estimate of drug-likeness (QED) is 0.459. The van der Waals surface area contributed by atoms with Crippen LogP contribution in [-0.2, 0) is 17.5 Å². The average Bonchev–Trinajstić information content (AvgIpc) is 2.80. The van der Waals surface area contributed by atoms with Gasteiger partial charge in [0, 0.05) is 12.6 Å². The lowest BCUT2D eigenvalue weighted by Crippen LogP contribution is -2.37. The zero-order chi connectivity index (χ0) is 24.6. The first-order chi connectivity index (χ1) is 16.1. The summed E-state index contributed by atoms with van der Waals surface area (Å²) in [4.78, 5) is 26.8. The van der Waals surface area contributed by atoms with Gasteiger partial charge in [-0.1, -0.05) is 0 Å². The molecule has 2 aromatic carbocycles. The molecule has 0 atom stereocenters. The van der Waals surface area contributed by atoms with Gasteiger partial charge >= 0.3 is 12.1 Å². The van der Waals surface area contributed by atoms with E-state index in [-0.39, 0.29) is 48.2 Å². The number of benzene rings is 2. The summed E-state index contributed by atoms with van der Waals surface area (Å²) in [5, 5.41) is -0.0564. The lowest BCUT2D eigenvalue weighted by molar-refractivity contribution is -0.154. The summed E-state index contributed by atoms with van der Waals surface area (Å²) in [5.74, 6) is -2.82. The zero-order valence-electron chi connectivity index (χ0n) is 18.7. The number of halogens is 3. The van der Waals surface area contributed by atoms with Crippen molar-refractivity contribution in [3.63, 3.8) is 0 Å². The minimum absolute atomic E-state index is 0.0564. The lowest BCUT2D eigenvalue weighted by Gasteiger charge is -2.32. The summed E-state index contributed by atoms with van der Waals surface area (Å²) in [6.07, 6.45) is -5.00. The highest BCUT2D eigenvalue weighted by molar-refractivity contribution is 5.89. The molecule has 0 saturated heterocycles. The van der Waals surface area contributed by atoms with Gasteiger partial charge in [-0.25, -0.2) is 4.79 Å². The summed E-state index contributed by atoms with van der Waals surface area (Å²) >= 11 is 0. The highest BCUT2D eigenvalue weighted by Gasteiger charge is 2.41. The average molecular weight is 477 g/mol. The molecule has 10 heteroatoms. The fourth-order valence-corrected chi connectivity index (χ4v) is 3.57. The molecule has 180 valence electrons. The van der Waals surface area contributed by atoms with E-state index in [1.165, 1.54) is 36.4 Å². The largest absolute Gasteiger partial charge is 0.478 e. The molecule has 0 radical (unpaired) electrons. The highest BCUT2D eigenvalue weighted by Crippen LogP contribution is 2.41. The molecule has 0 unspecified atom stereocenters. The predicted molar refractivity (Wildman–Crippen MR) is 116 cm³/mol. The van der Waals surface area contributed by atoms with Crippen molar-refractivity contribution in [2.24, 2.45) is 0 Å². The molecule has 0 amide bonds. The standard InChI is InChI=1S/C24H22F3NO6/c1-4-31-23(30)14-5-7-15(8-6-14)33-21-19(29)16-9-10-18-17(11-28(12-32-18)13(2)3)20(16)34-22(21)24(25,26)27/h5-10,13H,4,11-12H2,1-3H3. The number of hydrogen-bond acceptors (Lipinski definition) is 7. The maximum atomic E-state index is 13.9. The van der Waals surface area contributed by atoms with E-state index in [4.69, 9.17) is 18.6 Å². The van der Waals surface area contributed by atoms with Crippen LogP contribution in [0.15, 0.2) is 45.6 Å². The van der Waals surface area contributed by atoms with Crippen LogP contribution in [0, 0.1) is 0 Å². The molecule has 0 bridgehead atoms. The number of rotatable bonds is 5. The molecule has 0 saturated carbocycles. The van der Waals surface area contributed by atoms with Crippen molar-refractivity contribution in [3.05, 3.63) is 63.5 Å². The third-order valence-electron chi connectivity index (χ3n) is 5.40. The van der Waals surface area contributed by atoms with Crippen LogP contribution in [0.25, 0.3) is 11.0 Å². The van der Waals surface area contributed by atoms with Gasteiger partial charge in [0.1, 0.15) is 23.8 Å². The van der Waals surface area contributed by atoms with E-state index in [0.29, 0.717) is 11.3 Å². The van der Waals surface area contributed by atoms with Crippen molar-refractivity contribution in [1.82, 2.24) is 4.90 Å². The highest BCUT2D eigenvalue weighted by atomic mass is 19.4. The summed E-state index contributed by atoms with van der Waals surface area (Å²) in [6.45, 7) is 6.21. The van der Waals surface area contributed by atoms with Gasteiger partial charge in [-0.2, -0.15) is 13.2 Å². The Labute approximate surface area is 192 Å². The molecule has 0 spiro atoms. The van der Waals surface area contributed by atoms with Crippen LogP contribution in [0.1, 0.15) is 42.5 Å². The van der Waals surface area contributed by atoms with Crippen LogP contribution < -0.4 is 14.9 Å². The van der Waals surface area contributed by atoms with Gasteiger partial charge in [0.25, 0.3) is 5.76 Å². The number of carbonyl (C=O) groups is 1. The number of carbonyl (C=O) groups excluding carboxylic acids is 1. The van der Waals surface area contributed by atoms with Crippen LogP contribution >= 0.6 is 0 Å². The molecule has 1 aliphatic heterocycles. The van der Waals surface area contributed by atoms with Crippen molar-refractivity contribution >= 4 is 16.9 Å². The normalized spacial score (nSPS) is 14.1. The summed E-state index contributed by atoms with van der Waals surface area (Å²) in [7, 11) is 0. The Bertz CT molecular complexity index is 1280. The van der Waals surface area contributed by atoms with E-state index >= 15 is 0 Å². The molecule has 4 rings (SSSR count). The Balaban J connectivity index is 1.81. The van der Waals surface area contributed by atoms with Gasteiger partial charge in [-0.05, 0) is 57.2 Å². The molecule has 0 N–H and O–H groups in total. The van der Waals surface area contributed by atoms with Crippen molar-refractivity contribution in [2.45, 2.75) is 39.5 Å². The molecule has 3 aromatic rings. The van der Waals surface area contributed by atoms with Gasteiger partial charge in [0.05, 0.1) is 23.1 Å². The number of alkyl halides is 3. The summed E-state index contributed by atoms with van der Waals surface area (Å²) < 4.78 is 63.0. The summed E-state index contributed by atoms with van der Waals surface area (Å²) in [5.41, 5.74) is -0.597. The van der Waals surface area contributed by atoms with E-state index in [9.17, 15) is 22.8 Å². The number of hydrogen-bond donors (Lipinski definition) is 0. The van der Waals surface area contributed by atoms with Crippen molar-refractivity contribution in [2.75, 3.05) is 13.3 Å². The number of fused-ring (bicyclic) bond motifs is 3. The molecule has 0 fully saturated rings. The van der Waals surface area contributed by atoms with Gasteiger partial charge < -0.3 is 18.6 Å². The second-order valence-corrected chi connectivity index (χ2v) is 7.97. The number of esters is 1. The molecule has 34 heavy (non-hydrogen) atoms. The first kappa shape index (κ1) is 23.6. The van der Waals surface area contributed by atoms with Gasteiger partial charge in [0.2, 0.25) is 11.2 Å². The molecular weight excluding hydrogens is 455 g/mol. The Morgan fingerprint density at radius 1 is 1.15 bits per heavy atom. The van der Waals surface area contributed by atoms with E-state index in [0.717, 1.165) is 0 Å². The molecular formula is C24H22F3NO6. The second-order valence-electron chi connectivity index (χ2n) is 7.97. The minimum Gasteiger partial charge on any atom is -0.478 e. The molecule has 2 heterocycles. The van der Waals surface area contributed by atoms with Crippen LogP contribution in [0.4, 0.5) is 13.2 Å². The van der Waals surface area contributed by atoms with E-state index in [1.54, 1.807) is 6.92 Å². The fourth-order valence-electron chi connectivity index (χ4n) is 3.57. The molecule has 0 aliphatic carbocycles. The van der Waals surface area contributed by atoms with Gasteiger partial charge in [0.15, 0.2) is 0 Å². The van der Waals surface area contributed by atoms with Crippen molar-refractivity contribution < 1.29 is 36.6 Å². The minimum atomic E-state index is -5.00. The predicted octanol–water partition coefficient (Wildman–Crippen LogP) is 5.34. The second kappa shape index (κ2) is 9.02. The fraction of sp³-hybridized carbons (Fsp3) is 0.333. The Kier molecular flexibility index (Phi) is 6.26. The Morgan fingerprint density at radius 2 is 1.85 bits per heavy atom. The van der Waals surface area contributed by atoms with Gasteiger partial charge in [-0.3, -0.25) is 9.69 Å². The zero-order valence-corrected chi connectivity index (χ0v) is 18.7. The van der Waals surface area contributed by atoms with E-state index < -0.39 is 29.1 Å². The smallest absolute Gasteiger partial charge is 0.453 e. The topological polar surface area (TPSA) is 78.2 Å². The van der Waals surface area contributed by atoms with Crippen molar-refractivity contribution in [3.8, 4) is 17.2 Å². The molecule has 7 nitrogen and oxygen atoms in total. The first-order valence-electron chi connectivity index (χ1n) is 10.6. The first-order valence-corrected chi connectivity index (χ1v) is 10.6.